The van der Waals surface area contributed by atoms with Gasteiger partial charge in [-0.25, -0.2) is 0 Å². The van der Waals surface area contributed by atoms with Crippen LogP contribution in [-0.2, 0) is 24.7 Å². The second-order valence-corrected chi connectivity index (χ2v) is 1.80. The quantitative estimate of drug-likeness (QED) is 0.619. The molecule has 0 saturated carbocycles. The fraction of sp³-hybridized carbons (Fsp3) is 1.00. The van der Waals surface area contributed by atoms with Crippen molar-refractivity contribution in [1.82, 2.24) is 3.30 Å². The van der Waals surface area contributed by atoms with Crippen LogP contribution >= 0.6 is 0 Å². The molecule has 0 aliphatic carbocycles. The van der Waals surface area contributed by atoms with Crippen LogP contribution in [0.15, 0.2) is 0 Å². The van der Waals surface area contributed by atoms with Gasteiger partial charge < -0.3 is 0 Å². The zero-order chi connectivity index (χ0) is 3.41. The molecule has 0 aromatic rings. The Labute approximate surface area is 41.7 Å². The molecule has 1 N–H and O–H groups in total. The van der Waals surface area contributed by atoms with Gasteiger partial charge in [-0.1, -0.05) is 0 Å². The van der Waals surface area contributed by atoms with Gasteiger partial charge in [0.15, 0.2) is 0 Å². The van der Waals surface area contributed by atoms with Crippen LogP contribution in [0.5, 0.6) is 0 Å². The standard InChI is InChI=1S/C2H6N.Hf/c1-2-3;/h3H,2H2,1H3;/q-1;+1. The van der Waals surface area contributed by atoms with Crippen molar-refractivity contribution in [3.05, 3.63) is 0 Å². The van der Waals surface area contributed by atoms with E-state index in [1.54, 1.807) is 0 Å². The molecular weight excluding hydrogens is 217 g/mol. The summed E-state index contributed by atoms with van der Waals surface area (Å²) in [4.78, 5) is 0. The minimum atomic E-state index is 1.13. The van der Waals surface area contributed by atoms with E-state index in [1.807, 2.05) is 0 Å². The molecule has 1 nitrogen and oxygen atoms in total. The van der Waals surface area contributed by atoms with Gasteiger partial charge in [0.25, 0.3) is 0 Å². The summed E-state index contributed by atoms with van der Waals surface area (Å²) in [6.07, 6.45) is 0. The Kier molecular flexibility index (Phi) is 4.63. The average molecular weight is 223 g/mol. The Hall–Kier alpha value is 0.830. The van der Waals surface area contributed by atoms with Gasteiger partial charge in [-0.3, -0.25) is 0 Å². The van der Waals surface area contributed by atoms with Crippen molar-refractivity contribution < 1.29 is 24.7 Å². The molecule has 0 bridgehead atoms. The number of rotatable bonds is 1. The molecular formula is C2H6HfN. The van der Waals surface area contributed by atoms with Gasteiger partial charge in [-0.2, -0.15) is 0 Å². The first-order chi connectivity index (χ1) is 1.91. The molecule has 2 heteroatoms. The first-order valence-corrected chi connectivity index (χ1v) is 3.11. The fourth-order valence-corrected chi connectivity index (χ4v) is 0. The molecule has 0 amide bonds. The third kappa shape index (κ3) is 2.83. The summed E-state index contributed by atoms with van der Waals surface area (Å²) in [5, 5.41) is 0. The van der Waals surface area contributed by atoms with E-state index in [4.69, 9.17) is 0 Å². The first-order valence-electron chi connectivity index (χ1n) is 1.31. The molecule has 0 saturated heterocycles. The van der Waals surface area contributed by atoms with Crippen molar-refractivity contribution in [3.8, 4) is 0 Å². The van der Waals surface area contributed by atoms with Gasteiger partial charge in [-0.15, -0.1) is 0 Å². The summed E-state index contributed by atoms with van der Waals surface area (Å²) in [5.74, 6) is 0. The Morgan fingerprint density at radius 3 is 2.25 bits per heavy atom. The predicted molar refractivity (Wildman–Crippen MR) is 13.7 cm³/mol. The van der Waals surface area contributed by atoms with E-state index in [1.165, 1.54) is 0 Å². The van der Waals surface area contributed by atoms with Crippen LogP contribution in [0.25, 0.3) is 0 Å². The number of hydrogen-bond acceptors (Lipinski definition) is 1. The predicted octanol–water partition coefficient (Wildman–Crippen LogP) is 0.0577. The molecule has 0 spiro atoms. The third-order valence-corrected chi connectivity index (χ3v) is 1.45. The van der Waals surface area contributed by atoms with Gasteiger partial charge >= 0.3 is 41.4 Å². The SMILES string of the molecule is CC[NH][Hf]. The van der Waals surface area contributed by atoms with Crippen molar-refractivity contribution in [3.63, 3.8) is 0 Å². The molecule has 0 aromatic heterocycles. The topological polar surface area (TPSA) is 12.0 Å². The maximum atomic E-state index is 3.07. The molecule has 0 heterocycles. The van der Waals surface area contributed by atoms with Crippen molar-refractivity contribution >= 4 is 0 Å². The van der Waals surface area contributed by atoms with Crippen molar-refractivity contribution in [2.45, 2.75) is 6.92 Å². The van der Waals surface area contributed by atoms with Crippen LogP contribution < -0.4 is 3.30 Å². The van der Waals surface area contributed by atoms with E-state index in [9.17, 15) is 0 Å². The van der Waals surface area contributed by atoms with E-state index >= 15 is 0 Å². The van der Waals surface area contributed by atoms with E-state index < -0.39 is 0 Å². The van der Waals surface area contributed by atoms with Gasteiger partial charge in [0.2, 0.25) is 0 Å². The van der Waals surface area contributed by atoms with Crippen LogP contribution in [0.4, 0.5) is 0 Å². The number of nitrogens with one attached hydrogen (secondary N) is 1. The summed E-state index contributed by atoms with van der Waals surface area (Å²) < 4.78 is 3.07. The maximum absolute atomic E-state index is 3.07. The van der Waals surface area contributed by atoms with Gasteiger partial charge in [0, 0.05) is 0 Å². The summed E-state index contributed by atoms with van der Waals surface area (Å²) in [5.41, 5.74) is 0. The second-order valence-electron chi connectivity index (χ2n) is 0.530. The Morgan fingerprint density at radius 1 is 2.00 bits per heavy atom. The molecule has 0 fully saturated rings. The van der Waals surface area contributed by atoms with E-state index in [0.717, 1.165) is 31.2 Å². The van der Waals surface area contributed by atoms with Crippen molar-refractivity contribution in [2.75, 3.05) is 6.54 Å². The summed E-state index contributed by atoms with van der Waals surface area (Å²) >= 11 is 1.14. The molecule has 0 aromatic carbocycles. The Balaban J connectivity index is 1.97. The van der Waals surface area contributed by atoms with E-state index in [-0.39, 0.29) is 0 Å². The van der Waals surface area contributed by atoms with Crippen LogP contribution in [-0.4, -0.2) is 6.54 Å². The molecule has 0 atom stereocenters. The van der Waals surface area contributed by atoms with Crippen LogP contribution in [0, 0.1) is 0 Å². The summed E-state index contributed by atoms with van der Waals surface area (Å²) in [6, 6.07) is 0. The Morgan fingerprint density at radius 2 is 2.25 bits per heavy atom. The van der Waals surface area contributed by atoms with Crippen LogP contribution in [0.2, 0.25) is 0 Å². The molecule has 0 radical (unpaired) electrons. The van der Waals surface area contributed by atoms with Crippen LogP contribution in [0.1, 0.15) is 6.92 Å². The Bertz CT molecular complexity index is 8.00. The molecule has 0 aliphatic heterocycles. The van der Waals surface area contributed by atoms with Crippen LogP contribution in [0.3, 0.4) is 0 Å². The van der Waals surface area contributed by atoms with Gasteiger partial charge in [0.1, 0.15) is 0 Å². The second kappa shape index (κ2) is 3.83. The molecule has 23 valence electrons. The molecule has 4 heavy (non-hydrogen) atoms. The zero-order valence-corrected chi connectivity index (χ0v) is 6.30. The van der Waals surface area contributed by atoms with Gasteiger partial charge in [-0.05, 0) is 0 Å². The summed E-state index contributed by atoms with van der Waals surface area (Å²) in [7, 11) is 0. The molecule has 0 rings (SSSR count). The zero-order valence-electron chi connectivity index (χ0n) is 2.71. The normalized spacial score (nSPS) is 7.00. The molecule has 0 unspecified atom stereocenters. The monoisotopic (exact) mass is 224 g/mol. The third-order valence-electron chi connectivity index (χ3n) is 0.177. The van der Waals surface area contributed by atoms with E-state index in [2.05, 4.69) is 10.2 Å². The van der Waals surface area contributed by atoms with Crippen molar-refractivity contribution in [2.24, 2.45) is 0 Å². The van der Waals surface area contributed by atoms with Gasteiger partial charge in [0.05, 0.1) is 0 Å². The first kappa shape index (κ1) is 4.83. The average Bonchev–Trinajstić information content (AvgIpc) is 1.37. The minimum absolute atomic E-state index is 1.13. The molecule has 0 aliphatic rings. The fourth-order valence-electron chi connectivity index (χ4n) is 0. The van der Waals surface area contributed by atoms with Crippen molar-refractivity contribution in [1.29, 1.82) is 0 Å². The number of hydrogen-bond donors (Lipinski definition) is 1. The van der Waals surface area contributed by atoms with E-state index in [0.29, 0.717) is 0 Å². The summed E-state index contributed by atoms with van der Waals surface area (Å²) in [6.45, 7) is 3.24.